The molecule has 0 aromatic rings. The van der Waals surface area contributed by atoms with E-state index in [4.69, 9.17) is 5.73 Å². The summed E-state index contributed by atoms with van der Waals surface area (Å²) in [5, 5.41) is 5.77. The van der Waals surface area contributed by atoms with Gasteiger partial charge in [-0.15, -0.1) is 0 Å². The van der Waals surface area contributed by atoms with Crippen LogP contribution >= 0.6 is 0 Å². The van der Waals surface area contributed by atoms with E-state index in [1.165, 1.54) is 0 Å². The van der Waals surface area contributed by atoms with Crippen molar-refractivity contribution in [2.45, 2.75) is 64.7 Å². The lowest BCUT2D eigenvalue weighted by Crippen LogP contribution is -2.24. The van der Waals surface area contributed by atoms with Gasteiger partial charge in [0.2, 0.25) is 11.8 Å². The summed E-state index contributed by atoms with van der Waals surface area (Å²) < 4.78 is 0. The number of carbonyl (C=O) groups excluding carboxylic acids is 2. The van der Waals surface area contributed by atoms with Gasteiger partial charge in [-0.3, -0.25) is 9.59 Å². The first-order chi connectivity index (χ1) is 9.70. The van der Waals surface area contributed by atoms with Gasteiger partial charge in [0.05, 0.1) is 0 Å². The Morgan fingerprint density at radius 1 is 0.800 bits per heavy atom. The molecule has 0 aliphatic rings. The summed E-state index contributed by atoms with van der Waals surface area (Å²) in [6, 6.07) is 0. The second-order valence-corrected chi connectivity index (χ2v) is 5.11. The summed E-state index contributed by atoms with van der Waals surface area (Å²) >= 11 is 0. The van der Waals surface area contributed by atoms with Crippen LogP contribution in [0.15, 0.2) is 0 Å². The standard InChI is InChI=1S/C15H31N3O2/c1-2-12-17-14(19)10-6-4-8-13-18-15(20)9-5-3-7-11-16/h2-13,16H2,1H3,(H,17,19)(H,18,20). The van der Waals surface area contributed by atoms with E-state index < -0.39 is 0 Å². The molecule has 0 aliphatic heterocycles. The van der Waals surface area contributed by atoms with Gasteiger partial charge in [-0.25, -0.2) is 0 Å². The van der Waals surface area contributed by atoms with Gasteiger partial charge in [-0.1, -0.05) is 19.8 Å². The Bertz CT molecular complexity index is 258. The third-order valence-corrected chi connectivity index (χ3v) is 3.08. The molecule has 0 aromatic carbocycles. The number of amides is 2. The molecule has 0 atom stereocenters. The highest BCUT2D eigenvalue weighted by molar-refractivity contribution is 5.76. The molecule has 0 aromatic heterocycles. The van der Waals surface area contributed by atoms with E-state index in [1.54, 1.807) is 0 Å². The van der Waals surface area contributed by atoms with Crippen LogP contribution in [-0.2, 0) is 9.59 Å². The van der Waals surface area contributed by atoms with Crippen LogP contribution in [0.4, 0.5) is 0 Å². The predicted molar refractivity (Wildman–Crippen MR) is 82.3 cm³/mol. The molecule has 0 fully saturated rings. The zero-order valence-corrected chi connectivity index (χ0v) is 12.9. The monoisotopic (exact) mass is 285 g/mol. The van der Waals surface area contributed by atoms with Gasteiger partial charge in [0.25, 0.3) is 0 Å². The zero-order chi connectivity index (χ0) is 15.1. The van der Waals surface area contributed by atoms with Crippen LogP contribution in [0.1, 0.15) is 64.7 Å². The van der Waals surface area contributed by atoms with E-state index in [9.17, 15) is 9.59 Å². The van der Waals surface area contributed by atoms with Crippen molar-refractivity contribution < 1.29 is 9.59 Å². The second kappa shape index (κ2) is 14.3. The maximum atomic E-state index is 11.5. The maximum Gasteiger partial charge on any atom is 0.219 e. The van der Waals surface area contributed by atoms with Crippen molar-refractivity contribution in [1.29, 1.82) is 0 Å². The molecule has 20 heavy (non-hydrogen) atoms. The SMILES string of the molecule is CCCNC(=O)CCCCCNC(=O)CCCCCN. The van der Waals surface area contributed by atoms with Crippen molar-refractivity contribution in [3.8, 4) is 0 Å². The number of unbranched alkanes of at least 4 members (excludes halogenated alkanes) is 4. The molecular weight excluding hydrogens is 254 g/mol. The number of nitrogens with one attached hydrogen (secondary N) is 2. The molecule has 0 radical (unpaired) electrons. The first-order valence-electron chi connectivity index (χ1n) is 7.94. The number of hydrogen-bond donors (Lipinski definition) is 3. The average molecular weight is 285 g/mol. The molecule has 5 heteroatoms. The van der Waals surface area contributed by atoms with Crippen molar-refractivity contribution in [3.05, 3.63) is 0 Å². The highest BCUT2D eigenvalue weighted by atomic mass is 16.2. The Morgan fingerprint density at radius 2 is 1.35 bits per heavy atom. The number of hydrogen-bond acceptors (Lipinski definition) is 3. The normalized spacial score (nSPS) is 10.3. The summed E-state index contributed by atoms with van der Waals surface area (Å²) in [5.74, 6) is 0.262. The van der Waals surface area contributed by atoms with Crippen LogP contribution in [0, 0.1) is 0 Å². The first kappa shape index (κ1) is 18.9. The van der Waals surface area contributed by atoms with E-state index in [2.05, 4.69) is 10.6 Å². The van der Waals surface area contributed by atoms with Crippen molar-refractivity contribution >= 4 is 11.8 Å². The van der Waals surface area contributed by atoms with E-state index in [1.807, 2.05) is 6.92 Å². The summed E-state index contributed by atoms with van der Waals surface area (Å²) in [4.78, 5) is 22.8. The van der Waals surface area contributed by atoms with Crippen molar-refractivity contribution in [3.63, 3.8) is 0 Å². The van der Waals surface area contributed by atoms with Crippen LogP contribution in [0.5, 0.6) is 0 Å². The number of carbonyl (C=O) groups is 2. The number of nitrogens with two attached hydrogens (primary N) is 1. The number of rotatable bonds is 13. The Kier molecular flexibility index (Phi) is 13.5. The Morgan fingerprint density at radius 3 is 1.90 bits per heavy atom. The van der Waals surface area contributed by atoms with Gasteiger partial charge in [0.1, 0.15) is 0 Å². The highest BCUT2D eigenvalue weighted by Crippen LogP contribution is 2.00. The molecule has 2 amide bonds. The van der Waals surface area contributed by atoms with Gasteiger partial charge < -0.3 is 16.4 Å². The second-order valence-electron chi connectivity index (χ2n) is 5.11. The summed E-state index contributed by atoms with van der Waals surface area (Å²) in [6.07, 6.45) is 7.91. The lowest BCUT2D eigenvalue weighted by atomic mass is 10.1. The van der Waals surface area contributed by atoms with Gasteiger partial charge in [0.15, 0.2) is 0 Å². The Labute approximate surface area is 123 Å². The van der Waals surface area contributed by atoms with E-state index in [0.717, 1.165) is 51.5 Å². The smallest absolute Gasteiger partial charge is 0.219 e. The van der Waals surface area contributed by atoms with E-state index in [-0.39, 0.29) is 11.8 Å². The predicted octanol–water partition coefficient (Wildman–Crippen LogP) is 1.71. The molecular formula is C15H31N3O2. The lowest BCUT2D eigenvalue weighted by Gasteiger charge is -2.05. The molecule has 0 saturated carbocycles. The van der Waals surface area contributed by atoms with Crippen LogP contribution in [-0.4, -0.2) is 31.4 Å². The largest absolute Gasteiger partial charge is 0.356 e. The molecule has 0 unspecified atom stereocenters. The van der Waals surface area contributed by atoms with Crippen LogP contribution in [0.25, 0.3) is 0 Å². The Balaban J connectivity index is 3.26. The van der Waals surface area contributed by atoms with Gasteiger partial charge >= 0.3 is 0 Å². The topological polar surface area (TPSA) is 84.2 Å². The maximum absolute atomic E-state index is 11.5. The molecule has 0 heterocycles. The molecule has 5 nitrogen and oxygen atoms in total. The summed E-state index contributed by atoms with van der Waals surface area (Å²) in [7, 11) is 0. The lowest BCUT2D eigenvalue weighted by molar-refractivity contribution is -0.122. The Hall–Kier alpha value is -1.10. The van der Waals surface area contributed by atoms with Crippen LogP contribution in [0.2, 0.25) is 0 Å². The fourth-order valence-electron chi connectivity index (χ4n) is 1.86. The zero-order valence-electron chi connectivity index (χ0n) is 12.9. The average Bonchev–Trinajstić information content (AvgIpc) is 2.45. The van der Waals surface area contributed by atoms with Crippen LogP contribution in [0.3, 0.4) is 0 Å². The minimum Gasteiger partial charge on any atom is -0.356 e. The van der Waals surface area contributed by atoms with E-state index in [0.29, 0.717) is 25.9 Å². The molecule has 4 N–H and O–H groups in total. The molecule has 0 rings (SSSR count). The molecule has 0 spiro atoms. The van der Waals surface area contributed by atoms with Crippen LogP contribution < -0.4 is 16.4 Å². The van der Waals surface area contributed by atoms with Crippen molar-refractivity contribution in [2.24, 2.45) is 5.73 Å². The van der Waals surface area contributed by atoms with Gasteiger partial charge in [0, 0.05) is 25.9 Å². The van der Waals surface area contributed by atoms with Crippen molar-refractivity contribution in [2.75, 3.05) is 19.6 Å². The van der Waals surface area contributed by atoms with Gasteiger partial charge in [-0.2, -0.15) is 0 Å². The van der Waals surface area contributed by atoms with E-state index >= 15 is 0 Å². The van der Waals surface area contributed by atoms with Gasteiger partial charge in [-0.05, 0) is 38.6 Å². The molecule has 0 saturated heterocycles. The fraction of sp³-hybridized carbons (Fsp3) is 0.867. The first-order valence-corrected chi connectivity index (χ1v) is 7.94. The third-order valence-electron chi connectivity index (χ3n) is 3.08. The minimum atomic E-state index is 0.128. The summed E-state index contributed by atoms with van der Waals surface area (Å²) in [5.41, 5.74) is 5.39. The molecule has 0 bridgehead atoms. The molecule has 0 aliphatic carbocycles. The molecule has 118 valence electrons. The minimum absolute atomic E-state index is 0.128. The van der Waals surface area contributed by atoms with Crippen molar-refractivity contribution in [1.82, 2.24) is 10.6 Å². The highest BCUT2D eigenvalue weighted by Gasteiger charge is 2.01. The summed E-state index contributed by atoms with van der Waals surface area (Å²) in [6.45, 7) is 4.22. The third kappa shape index (κ3) is 13.3. The quantitative estimate of drug-likeness (QED) is 0.450. The fourth-order valence-corrected chi connectivity index (χ4v) is 1.86.